The van der Waals surface area contributed by atoms with Crippen LogP contribution in [-0.4, -0.2) is 57.9 Å². The first-order valence-corrected chi connectivity index (χ1v) is 14.8. The van der Waals surface area contributed by atoms with Crippen LogP contribution in [0.3, 0.4) is 0 Å². The van der Waals surface area contributed by atoms with Crippen molar-refractivity contribution in [1.29, 1.82) is 0 Å². The predicted octanol–water partition coefficient (Wildman–Crippen LogP) is 6.55. The summed E-state index contributed by atoms with van der Waals surface area (Å²) in [5.74, 6) is 1.05. The van der Waals surface area contributed by atoms with Gasteiger partial charge in [-0.15, -0.1) is 0 Å². The van der Waals surface area contributed by atoms with E-state index in [2.05, 4.69) is 13.2 Å². The third-order valence-electron chi connectivity index (χ3n) is 7.48. The summed E-state index contributed by atoms with van der Waals surface area (Å²) in [5.41, 5.74) is 0.913. The summed E-state index contributed by atoms with van der Waals surface area (Å²) < 4.78 is 28.5. The molecule has 1 saturated heterocycles. The highest BCUT2D eigenvalue weighted by atomic mass is 16.7. The largest absolute Gasteiger partial charge is 0.462 e. The Labute approximate surface area is 230 Å². The fourth-order valence-corrected chi connectivity index (χ4v) is 5.00. The summed E-state index contributed by atoms with van der Waals surface area (Å²) in [6.45, 7) is 14.7. The average Bonchev–Trinajstić information content (AvgIpc) is 2.92. The molecular weight excluding hydrogens is 484 g/mol. The molecule has 0 amide bonds. The van der Waals surface area contributed by atoms with Crippen molar-refractivity contribution in [3.05, 3.63) is 24.3 Å². The van der Waals surface area contributed by atoms with Crippen LogP contribution in [0.25, 0.3) is 0 Å². The van der Waals surface area contributed by atoms with Gasteiger partial charge in [0.25, 0.3) is 0 Å². The summed E-state index contributed by atoms with van der Waals surface area (Å²) in [4.78, 5) is 22.7. The van der Waals surface area contributed by atoms with Gasteiger partial charge in [-0.2, -0.15) is 0 Å². The van der Waals surface area contributed by atoms with Crippen molar-refractivity contribution in [1.82, 2.24) is 0 Å². The molecule has 1 aliphatic heterocycles. The first-order valence-electron chi connectivity index (χ1n) is 14.8. The van der Waals surface area contributed by atoms with Crippen LogP contribution < -0.4 is 0 Å². The van der Waals surface area contributed by atoms with Crippen molar-refractivity contribution < 1.29 is 33.3 Å². The van der Waals surface area contributed by atoms with E-state index in [1.165, 1.54) is 12.8 Å². The normalized spacial score (nSPS) is 23.5. The van der Waals surface area contributed by atoms with E-state index in [0.717, 1.165) is 97.1 Å². The SMILES string of the molecule is C=C(C)C(=O)OCCCCCCOCC1CCC(C2OCC(CCCCCCOC(=O)C(=C)C)CO2)CC1. The smallest absolute Gasteiger partial charge is 0.333 e. The van der Waals surface area contributed by atoms with Gasteiger partial charge in [-0.25, -0.2) is 9.59 Å². The Morgan fingerprint density at radius 2 is 1.18 bits per heavy atom. The molecule has 2 rings (SSSR count). The number of unbranched alkanes of at least 4 members (excludes halogenated alkanes) is 6. The van der Waals surface area contributed by atoms with Crippen LogP contribution in [0.1, 0.15) is 97.3 Å². The van der Waals surface area contributed by atoms with E-state index >= 15 is 0 Å². The second kappa shape index (κ2) is 19.4. The summed E-state index contributed by atoms with van der Waals surface area (Å²) >= 11 is 0. The minimum absolute atomic E-state index is 0.0363. The van der Waals surface area contributed by atoms with Gasteiger partial charge in [0.1, 0.15) is 0 Å². The monoisotopic (exact) mass is 536 g/mol. The molecule has 7 nitrogen and oxygen atoms in total. The molecule has 0 aromatic rings. The summed E-state index contributed by atoms with van der Waals surface area (Å²) in [6.07, 6.45) is 14.2. The maximum Gasteiger partial charge on any atom is 0.333 e. The van der Waals surface area contributed by atoms with E-state index in [-0.39, 0.29) is 18.2 Å². The van der Waals surface area contributed by atoms with Gasteiger partial charge in [0, 0.05) is 36.2 Å². The Bertz CT molecular complexity index is 703. The molecule has 1 aliphatic carbocycles. The molecule has 2 aliphatic rings. The lowest BCUT2D eigenvalue weighted by Gasteiger charge is -2.37. The Morgan fingerprint density at radius 3 is 1.71 bits per heavy atom. The van der Waals surface area contributed by atoms with Gasteiger partial charge in [0.15, 0.2) is 6.29 Å². The fraction of sp³-hybridized carbons (Fsp3) is 0.806. The Hall–Kier alpha value is -1.70. The zero-order valence-electron chi connectivity index (χ0n) is 24.0. The Balaban J connectivity index is 1.40. The number of hydrogen-bond donors (Lipinski definition) is 0. The van der Waals surface area contributed by atoms with Gasteiger partial charge in [-0.05, 0) is 77.6 Å². The topological polar surface area (TPSA) is 80.3 Å². The molecule has 0 spiro atoms. The molecular formula is C31H52O7. The molecule has 0 aromatic heterocycles. The zero-order valence-corrected chi connectivity index (χ0v) is 24.0. The third kappa shape index (κ3) is 13.9. The van der Waals surface area contributed by atoms with Crippen LogP contribution in [0, 0.1) is 17.8 Å². The number of carbonyl (C=O) groups is 2. The Kier molecular flexibility index (Phi) is 16.6. The van der Waals surface area contributed by atoms with Crippen LogP contribution in [0.2, 0.25) is 0 Å². The van der Waals surface area contributed by atoms with Gasteiger partial charge in [0.05, 0.1) is 26.4 Å². The molecule has 0 aromatic carbocycles. The maximum absolute atomic E-state index is 11.4. The van der Waals surface area contributed by atoms with Crippen molar-refractivity contribution in [2.24, 2.45) is 17.8 Å². The van der Waals surface area contributed by atoms with Gasteiger partial charge in [0.2, 0.25) is 0 Å². The van der Waals surface area contributed by atoms with Crippen LogP contribution in [-0.2, 0) is 33.3 Å². The van der Waals surface area contributed by atoms with Crippen molar-refractivity contribution in [3.8, 4) is 0 Å². The van der Waals surface area contributed by atoms with Crippen molar-refractivity contribution >= 4 is 11.9 Å². The van der Waals surface area contributed by atoms with E-state index in [0.29, 0.717) is 42.1 Å². The molecule has 7 heteroatoms. The number of esters is 2. The van der Waals surface area contributed by atoms with Gasteiger partial charge in [-0.3, -0.25) is 0 Å². The minimum Gasteiger partial charge on any atom is -0.462 e. The highest BCUT2D eigenvalue weighted by molar-refractivity contribution is 5.87. The van der Waals surface area contributed by atoms with Crippen LogP contribution in [0.5, 0.6) is 0 Å². The lowest BCUT2D eigenvalue weighted by Crippen LogP contribution is -2.38. The molecule has 0 unspecified atom stereocenters. The number of carbonyl (C=O) groups excluding carboxylic acids is 2. The molecule has 1 saturated carbocycles. The fourth-order valence-electron chi connectivity index (χ4n) is 5.00. The quantitative estimate of drug-likeness (QED) is 0.105. The first kappa shape index (κ1) is 32.5. The second-order valence-electron chi connectivity index (χ2n) is 11.2. The number of hydrogen-bond acceptors (Lipinski definition) is 7. The number of rotatable bonds is 19. The Morgan fingerprint density at radius 1 is 0.684 bits per heavy atom. The van der Waals surface area contributed by atoms with Crippen LogP contribution in [0.4, 0.5) is 0 Å². The van der Waals surface area contributed by atoms with Crippen molar-refractivity contribution in [3.63, 3.8) is 0 Å². The molecule has 2 fully saturated rings. The van der Waals surface area contributed by atoms with E-state index < -0.39 is 0 Å². The van der Waals surface area contributed by atoms with Crippen molar-refractivity contribution in [2.45, 2.75) is 104 Å². The van der Waals surface area contributed by atoms with E-state index in [4.69, 9.17) is 23.7 Å². The lowest BCUT2D eigenvalue weighted by molar-refractivity contribution is -0.230. The van der Waals surface area contributed by atoms with E-state index in [1.807, 2.05) is 0 Å². The molecule has 0 atom stereocenters. The zero-order chi connectivity index (χ0) is 27.6. The second-order valence-corrected chi connectivity index (χ2v) is 11.2. The number of ether oxygens (including phenoxy) is 5. The summed E-state index contributed by atoms with van der Waals surface area (Å²) in [7, 11) is 0. The summed E-state index contributed by atoms with van der Waals surface area (Å²) in [6, 6.07) is 0. The average molecular weight is 537 g/mol. The molecule has 1 heterocycles. The van der Waals surface area contributed by atoms with Crippen LogP contribution in [0.15, 0.2) is 24.3 Å². The molecule has 0 bridgehead atoms. The van der Waals surface area contributed by atoms with E-state index in [1.54, 1.807) is 13.8 Å². The molecule has 0 N–H and O–H groups in total. The van der Waals surface area contributed by atoms with Gasteiger partial charge < -0.3 is 23.7 Å². The summed E-state index contributed by atoms with van der Waals surface area (Å²) in [5, 5.41) is 0. The predicted molar refractivity (Wildman–Crippen MR) is 149 cm³/mol. The van der Waals surface area contributed by atoms with Gasteiger partial charge >= 0.3 is 11.9 Å². The maximum atomic E-state index is 11.4. The van der Waals surface area contributed by atoms with Crippen molar-refractivity contribution in [2.75, 3.05) is 39.6 Å². The molecule has 218 valence electrons. The van der Waals surface area contributed by atoms with Crippen LogP contribution >= 0.6 is 0 Å². The lowest BCUT2D eigenvalue weighted by atomic mass is 9.82. The first-order chi connectivity index (χ1) is 18.4. The highest BCUT2D eigenvalue weighted by Gasteiger charge is 2.32. The highest BCUT2D eigenvalue weighted by Crippen LogP contribution is 2.34. The minimum atomic E-state index is -0.297. The van der Waals surface area contributed by atoms with Gasteiger partial charge in [-0.1, -0.05) is 38.8 Å². The third-order valence-corrected chi connectivity index (χ3v) is 7.48. The molecule has 38 heavy (non-hydrogen) atoms. The van der Waals surface area contributed by atoms with E-state index in [9.17, 15) is 9.59 Å². The molecule has 0 radical (unpaired) electrons. The standard InChI is InChI=1S/C31H52O7/c1-24(2)29(32)35-19-11-6-5-9-13-27-22-37-31(38-23-27)28-16-14-26(15-17-28)21-34-18-10-7-8-12-20-36-30(33)25(3)4/h26-28,31H,1,3,5-23H2,2,4H3.